The first-order chi connectivity index (χ1) is 63.3. The molecule has 0 aromatic rings. The summed E-state index contributed by atoms with van der Waals surface area (Å²) in [6, 6.07) is -7.03. The number of carboxylic acid groups (broad SMARTS) is 2. The number of nitrogens with one attached hydrogen (secondary N) is 4. The fourth-order valence-corrected chi connectivity index (χ4v) is 17.5. The second kappa shape index (κ2) is 47.5. The molecule has 0 radical (unpaired) electrons. The van der Waals surface area contributed by atoms with Gasteiger partial charge in [-0.25, -0.2) is 14.2 Å². The first kappa shape index (κ1) is 112. The Kier molecular flexibility index (Phi) is 39.5. The number of hydrogen-bond acceptors (Lipinski definition) is 54. The van der Waals surface area contributed by atoms with E-state index in [2.05, 4.69) is 21.3 Å². The predicted molar refractivity (Wildman–Crippen MR) is 409 cm³/mol. The number of rotatable bonds is 37. The normalized spacial score (nSPS) is 46.9. The maximum Gasteiger partial charge on any atom is 0.469 e. The van der Waals surface area contributed by atoms with Crippen LogP contribution >= 0.6 is 7.82 Å². The van der Waals surface area contributed by atoms with Gasteiger partial charge in [0, 0.05) is 34.1 Å². The summed E-state index contributed by atoms with van der Waals surface area (Å²) in [5, 5.41) is 338. The summed E-state index contributed by atoms with van der Waals surface area (Å²) in [6.45, 7) is -6.12. The highest BCUT2D eigenvalue weighted by Crippen LogP contribution is 2.48. The lowest BCUT2D eigenvalue weighted by molar-refractivity contribution is -0.429. The van der Waals surface area contributed by atoms with Gasteiger partial charge in [0.1, 0.15) is 238 Å². The molecule has 10 fully saturated rings. The van der Waals surface area contributed by atoms with E-state index in [1.807, 2.05) is 0 Å². The van der Waals surface area contributed by atoms with Crippen LogP contribution in [0.4, 0.5) is 0 Å². The Hall–Kier alpha value is -4.91. The monoisotopic (exact) mass is 2000 g/mol. The summed E-state index contributed by atoms with van der Waals surface area (Å²) in [5.41, 5.74) is 0. The van der Waals surface area contributed by atoms with Crippen molar-refractivity contribution in [1.82, 2.24) is 21.3 Å². The van der Waals surface area contributed by atoms with Crippen molar-refractivity contribution in [2.75, 3.05) is 52.9 Å². The summed E-state index contributed by atoms with van der Waals surface area (Å²) in [4.78, 5) is 98.5. The molecule has 10 aliphatic rings. The van der Waals surface area contributed by atoms with Crippen LogP contribution in [-0.4, -0.2) is 565 Å². The quantitative estimate of drug-likeness (QED) is 0.0257. The number of carbonyl (C=O) groups is 6. The minimum atomic E-state index is -6.38. The van der Waals surface area contributed by atoms with Gasteiger partial charge in [-0.1, -0.05) is 0 Å². The molecule has 0 bridgehead atoms. The highest BCUT2D eigenvalue weighted by Gasteiger charge is 2.66. The number of hydrogen-bond donors (Lipinski definition) is 35. The summed E-state index contributed by atoms with van der Waals surface area (Å²) in [7, 11) is -6.38. The van der Waals surface area contributed by atoms with Crippen molar-refractivity contribution >= 4 is 43.4 Å². The lowest BCUT2D eigenvalue weighted by atomic mass is 9.90. The van der Waals surface area contributed by atoms with E-state index in [9.17, 15) is 191 Å². The van der Waals surface area contributed by atoms with E-state index in [0.717, 1.165) is 27.7 Å². The van der Waals surface area contributed by atoms with Crippen LogP contribution in [0.25, 0.3) is 0 Å². The van der Waals surface area contributed by atoms with Gasteiger partial charge < -0.3 is 269 Å². The van der Waals surface area contributed by atoms with Crippen molar-refractivity contribution in [1.29, 1.82) is 0 Å². The highest BCUT2D eigenvalue weighted by molar-refractivity contribution is 7.46. The summed E-state index contributed by atoms with van der Waals surface area (Å²) in [6.07, 6.45) is -118. The average molecular weight is 2000 g/mol. The van der Waals surface area contributed by atoms with Crippen LogP contribution in [0.5, 0.6) is 0 Å². The lowest BCUT2D eigenvalue weighted by Crippen LogP contribution is -2.72. The number of aliphatic hydroxyl groups excluding tert-OH is 27. The third kappa shape index (κ3) is 25.3. The first-order valence-electron chi connectivity index (χ1n) is 42.0. The average Bonchev–Trinajstić information content (AvgIpc) is 0.740. The number of carboxylic acids is 2. The zero-order valence-electron chi connectivity index (χ0n) is 71.6. The van der Waals surface area contributed by atoms with Crippen LogP contribution in [0.3, 0.4) is 0 Å². The minimum absolute atomic E-state index is 0.775. The largest absolute Gasteiger partial charge is 0.479 e. The third-order valence-corrected chi connectivity index (χ3v) is 24.5. The molecule has 4 amide bonds. The molecule has 10 heterocycles. The van der Waals surface area contributed by atoms with Crippen LogP contribution in [0, 0.1) is 0 Å². The maximum atomic E-state index is 14.1. The van der Waals surface area contributed by atoms with Gasteiger partial charge in [-0.3, -0.25) is 23.7 Å². The van der Waals surface area contributed by atoms with Crippen molar-refractivity contribution in [2.45, 2.75) is 360 Å². The molecule has 10 aliphatic heterocycles. The SMILES string of the molecule is CC(=O)N[C@@H]1[C@@H](O)[C@H](O[C@H]2[C@@H](O)[C@@H](CO)O[C@@H](O[C@H]3[C@H](O)[C@@H](O)[C@H](O[C@H]4[C@H](O[C@H]5O[C@H]([C@@H](O)CO)[C@@H](O)[C@H](O)[C@@H]5O[C@@H]5O[C@H](CO)[C@H](O)[C@H](O)[C@H]5O)[C@H](O[C@@H]5O[C@H](C(=O)O)[C@@H](O)[C@H](O)[C@H]5O)[C@@H](O[C@H]5[C@@H]([C@H](O)CO)O[C@@](OC[C@H]6O[C@@H](OC[C@H]7OC(O)[C@H](NC(C)=O)[C@@H](O)[C@@H]7O)[C@H](NC(C)=O)[C@@H](O)[C@@H]6O)(C(=O)O)C[C@H]5OP(=O)(O)O)O[C@@H]4[C@@H](O)CO)O[C@@H]3CO)[C@@H]2NC(C)=O)O[C@H](C)[C@H]1O. The zero-order valence-corrected chi connectivity index (χ0v) is 72.5. The molecular weight excluding hydrogens is 1880 g/mol. The van der Waals surface area contributed by atoms with E-state index >= 15 is 0 Å². The van der Waals surface area contributed by atoms with Crippen molar-refractivity contribution in [2.24, 2.45) is 0 Å². The number of phosphoric ester groups is 1. The Morgan fingerprint density at radius 2 is 0.785 bits per heavy atom. The number of phosphoric acid groups is 1. The van der Waals surface area contributed by atoms with E-state index in [0.29, 0.717) is 0 Å². The second-order valence-electron chi connectivity index (χ2n) is 33.5. The molecule has 0 aromatic heterocycles. The molecular formula is C72H119N4O58P. The maximum absolute atomic E-state index is 14.1. The van der Waals surface area contributed by atoms with Crippen LogP contribution in [-0.2, 0) is 128 Å². The van der Waals surface area contributed by atoms with E-state index in [1.54, 1.807) is 0 Å². The Labute approximate surface area is 760 Å². The van der Waals surface area contributed by atoms with Gasteiger partial charge in [0.2, 0.25) is 23.6 Å². The number of aliphatic carboxylic acids is 2. The van der Waals surface area contributed by atoms with Gasteiger partial charge in [-0.2, -0.15) is 0 Å². The highest BCUT2D eigenvalue weighted by atomic mass is 31.2. The first-order valence-corrected chi connectivity index (χ1v) is 43.5. The Bertz CT molecular complexity index is 3880. The molecule has 63 heteroatoms. The summed E-state index contributed by atoms with van der Waals surface area (Å²) >= 11 is 0. The fourth-order valence-electron chi connectivity index (χ4n) is 16.9. The fraction of sp³-hybridized carbons (Fsp3) is 0.917. The Morgan fingerprint density at radius 1 is 0.363 bits per heavy atom. The molecule has 0 spiro atoms. The van der Waals surface area contributed by atoms with E-state index < -0.39 is 421 Å². The van der Waals surface area contributed by atoms with Gasteiger partial charge in [-0.15, -0.1) is 0 Å². The molecule has 0 saturated carbocycles. The second-order valence-corrected chi connectivity index (χ2v) is 34.7. The van der Waals surface area contributed by atoms with Crippen molar-refractivity contribution in [3.63, 3.8) is 0 Å². The van der Waals surface area contributed by atoms with Crippen molar-refractivity contribution in [3.05, 3.63) is 0 Å². The number of aliphatic hydroxyl groups is 27. The number of amides is 4. The molecule has 10 rings (SSSR count). The Morgan fingerprint density at radius 3 is 1.35 bits per heavy atom. The van der Waals surface area contributed by atoms with Crippen LogP contribution in [0.2, 0.25) is 0 Å². The van der Waals surface area contributed by atoms with Gasteiger partial charge in [0.25, 0.3) is 5.79 Å². The molecule has 62 nitrogen and oxygen atoms in total. The van der Waals surface area contributed by atoms with Crippen molar-refractivity contribution in [3.8, 4) is 0 Å². The van der Waals surface area contributed by atoms with Crippen LogP contribution in [0.15, 0.2) is 0 Å². The summed E-state index contributed by atoms with van der Waals surface area (Å²) < 4.78 is 132. The summed E-state index contributed by atoms with van der Waals surface area (Å²) in [5.74, 6) is -11.9. The van der Waals surface area contributed by atoms with Gasteiger partial charge in [0.05, 0.1) is 65.0 Å². The third-order valence-electron chi connectivity index (χ3n) is 23.9. The molecule has 35 N–H and O–H groups in total. The molecule has 10 saturated heterocycles. The van der Waals surface area contributed by atoms with Crippen molar-refractivity contribution < 1.29 is 286 Å². The molecule has 780 valence electrons. The molecule has 0 aromatic carbocycles. The molecule has 135 heavy (non-hydrogen) atoms. The van der Waals surface area contributed by atoms with E-state index in [-0.39, 0.29) is 0 Å². The minimum Gasteiger partial charge on any atom is -0.479 e. The molecule has 52 atom stereocenters. The zero-order chi connectivity index (χ0) is 100. The topological polar surface area (TPSA) is 979 Å². The molecule has 0 aliphatic carbocycles. The van der Waals surface area contributed by atoms with Crippen LogP contribution < -0.4 is 21.3 Å². The standard InChI is InChI=1S/C72H119N4O58P/c1-15-33(90)29(73-16(2)83)40(97)65(117-15)127-55-32(76-19(5)86)64(119-25(11-81)37(55)94)125-53-26(12-82)121-67(49(106)46(53)103)130-58-51(21(88)8-78)124-70(60(132-68-48(105)42(99)43(100)56(128-68)61(107)108)59(58)131-69-57(45(102)44(101)50(123-69)20(87)7-77)129-66-47(104)41(98)34(91)24(10-80)120-66)126-54-23(134-135(112,113)114)6-72(71(110)111,133-52(54)22(89)9-79)116-14-28-36(93)39(96)31(75-18(4)85)63(122-28)115-13-27-35(92)38(95)30(62(109)118-27)74-17(3)84/h15,20-60,62-70,77-82,87-106,109H,6-14H2,1-5H3,(H,73,83)(H,74,84)(H,75,85)(H,76,86)(H,107,108)(H,110,111)(H2,112,113,114)/t15-,20+,21+,22-,23-,24-,25-,26-,27-,28-,29+,30-,31-,32-,33-,34+,35-,36-,37+,38-,39-,40-,41+,42+,43+,44+,45+,46-,47-,48-,49-,50-,51-,52-,53-,54-,55-,56+,57+,58-,59+,60+,62?,63-,64+,65+,66+,67+,68+,69-,70-,72-/m1/s1. The predicted octanol–water partition coefficient (Wildman–Crippen LogP) is -22.4. The van der Waals surface area contributed by atoms with Crippen LogP contribution in [0.1, 0.15) is 41.0 Å². The van der Waals surface area contributed by atoms with E-state index in [1.165, 1.54) is 6.92 Å². The smallest absolute Gasteiger partial charge is 0.469 e. The molecule has 1 unspecified atom stereocenters. The Balaban J connectivity index is 1.09. The lowest BCUT2D eigenvalue weighted by Gasteiger charge is -2.54. The number of carbonyl (C=O) groups excluding carboxylic acids is 4. The van der Waals surface area contributed by atoms with E-state index in [4.69, 9.17) is 94.5 Å². The van der Waals surface area contributed by atoms with Gasteiger partial charge >= 0.3 is 19.8 Å². The van der Waals surface area contributed by atoms with Gasteiger partial charge in [-0.05, 0) is 6.92 Å². The van der Waals surface area contributed by atoms with Gasteiger partial charge in [0.15, 0.2) is 62.7 Å². The number of ether oxygens (including phenoxy) is 19.